The molecule has 0 fully saturated rings. The van der Waals surface area contributed by atoms with Crippen molar-refractivity contribution in [2.45, 2.75) is 24.2 Å². The molecule has 6 heavy (non-hydrogen) atoms. The van der Waals surface area contributed by atoms with Gasteiger partial charge in [0.15, 0.2) is 0 Å². The van der Waals surface area contributed by atoms with Gasteiger partial charge in [-0.3, -0.25) is 0 Å². The van der Waals surface area contributed by atoms with Gasteiger partial charge in [-0.25, -0.2) is 0 Å². The quantitative estimate of drug-likeness (QED) is 0.353. The molecule has 0 N–H and O–H groups in total. The van der Waals surface area contributed by atoms with Crippen molar-refractivity contribution in [1.29, 1.82) is 0 Å². The van der Waals surface area contributed by atoms with E-state index in [4.69, 9.17) is 0 Å². The Balaban J connectivity index is -0.0000000267. The van der Waals surface area contributed by atoms with Crippen molar-refractivity contribution in [3.8, 4) is 0 Å². The maximum absolute atomic E-state index is 2.41. The molecule has 0 radical (unpaired) electrons. The van der Waals surface area contributed by atoms with E-state index in [9.17, 15) is 0 Å². The van der Waals surface area contributed by atoms with Crippen LogP contribution in [0, 0.1) is 0 Å². The molecule has 0 saturated carbocycles. The maximum atomic E-state index is 2.41. The first-order valence-electron chi connectivity index (χ1n) is 1.91. The zero-order valence-corrected chi connectivity index (χ0v) is 7.94. The second-order valence-corrected chi connectivity index (χ2v) is 3.32. The standard InChI is InChI=1S/C4H9I.Mg.2H/c1-3-4(2)5;;;/h4H,3H2,1-2H3;;;/q;+2;2*-1. The summed E-state index contributed by atoms with van der Waals surface area (Å²) in [6, 6.07) is 0. The van der Waals surface area contributed by atoms with Gasteiger partial charge in [0.05, 0.1) is 0 Å². The molecular weight excluding hydrogens is 199 g/mol. The Morgan fingerprint density at radius 3 is 2.00 bits per heavy atom. The third-order valence-corrected chi connectivity index (χ3v) is 1.44. The third kappa shape index (κ3) is 9.09. The molecule has 0 heterocycles. The summed E-state index contributed by atoms with van der Waals surface area (Å²) in [6.45, 7) is 4.40. The predicted octanol–water partition coefficient (Wildman–Crippen LogP) is 2.06. The molecule has 0 saturated heterocycles. The molecule has 2 heteroatoms. The van der Waals surface area contributed by atoms with Crippen molar-refractivity contribution in [1.82, 2.24) is 0 Å². The van der Waals surface area contributed by atoms with Crippen LogP contribution in [0.15, 0.2) is 0 Å². The smallest absolute Gasteiger partial charge is 1.00 e. The zero-order valence-electron chi connectivity index (χ0n) is 6.37. The van der Waals surface area contributed by atoms with Gasteiger partial charge in [-0.2, -0.15) is 0 Å². The molecule has 0 amide bonds. The average Bonchev–Trinajstić information content (AvgIpc) is 1.38. The summed E-state index contributed by atoms with van der Waals surface area (Å²) in [4.78, 5) is 0. The normalized spacial score (nSPS) is 12.5. The molecule has 0 bridgehead atoms. The second kappa shape index (κ2) is 6.50. The van der Waals surface area contributed by atoms with E-state index in [1.54, 1.807) is 0 Å². The predicted molar refractivity (Wildman–Crippen MR) is 41.8 cm³/mol. The van der Waals surface area contributed by atoms with Gasteiger partial charge < -0.3 is 2.85 Å². The molecule has 1 atom stereocenters. The average molecular weight is 210 g/mol. The Morgan fingerprint density at radius 1 is 1.83 bits per heavy atom. The summed E-state index contributed by atoms with van der Waals surface area (Å²) in [5.41, 5.74) is 0. The van der Waals surface area contributed by atoms with Gasteiger partial charge >= 0.3 is 23.1 Å². The SMILES string of the molecule is CCC(C)I.[H-].[H-].[Mg+2]. The number of halogens is 1. The van der Waals surface area contributed by atoms with E-state index in [2.05, 4.69) is 36.4 Å². The fourth-order valence-electron chi connectivity index (χ4n) is 0. The monoisotopic (exact) mass is 210 g/mol. The minimum Gasteiger partial charge on any atom is -1.00 e. The first-order chi connectivity index (χ1) is 2.27. The summed E-state index contributed by atoms with van der Waals surface area (Å²) in [5, 5.41) is 0. The van der Waals surface area contributed by atoms with Gasteiger partial charge in [-0.15, -0.1) is 0 Å². The number of hydrogen-bond acceptors (Lipinski definition) is 0. The van der Waals surface area contributed by atoms with E-state index >= 15 is 0 Å². The fourth-order valence-corrected chi connectivity index (χ4v) is 0. The minimum atomic E-state index is 0. The Hall–Kier alpha value is 1.50. The molecular formula is C4H11IMg. The van der Waals surface area contributed by atoms with E-state index in [0.29, 0.717) is 0 Å². The molecule has 0 aliphatic rings. The third-order valence-electron chi connectivity index (χ3n) is 0.563. The Bertz CT molecular complexity index is 28.0. The molecule has 0 aromatic heterocycles. The van der Waals surface area contributed by atoms with Crippen LogP contribution in [-0.2, 0) is 0 Å². The number of hydrogen-bond donors (Lipinski definition) is 0. The Labute approximate surface area is 72.3 Å². The van der Waals surface area contributed by atoms with Gasteiger partial charge in [0.1, 0.15) is 0 Å². The second-order valence-electron chi connectivity index (χ2n) is 1.19. The summed E-state index contributed by atoms with van der Waals surface area (Å²) in [6.07, 6.45) is 1.29. The largest absolute Gasteiger partial charge is 2.00 e. The zero-order chi connectivity index (χ0) is 4.28. The van der Waals surface area contributed by atoms with E-state index < -0.39 is 0 Å². The number of alkyl halides is 1. The van der Waals surface area contributed by atoms with Gasteiger partial charge in [0.2, 0.25) is 0 Å². The van der Waals surface area contributed by atoms with Crippen molar-refractivity contribution in [2.75, 3.05) is 0 Å². The Kier molecular flexibility index (Phi) is 11.3. The molecule has 0 aromatic rings. The van der Waals surface area contributed by atoms with Crippen LogP contribution < -0.4 is 0 Å². The van der Waals surface area contributed by atoms with Crippen LogP contribution in [0.3, 0.4) is 0 Å². The van der Waals surface area contributed by atoms with Crippen molar-refractivity contribution < 1.29 is 2.85 Å². The molecule has 0 aromatic carbocycles. The fraction of sp³-hybridized carbons (Fsp3) is 1.00. The summed E-state index contributed by atoms with van der Waals surface area (Å²) >= 11 is 2.41. The van der Waals surface area contributed by atoms with E-state index in [1.165, 1.54) is 6.42 Å². The van der Waals surface area contributed by atoms with Crippen molar-refractivity contribution >= 4 is 45.6 Å². The number of rotatable bonds is 1. The van der Waals surface area contributed by atoms with Crippen LogP contribution in [-0.4, -0.2) is 27.0 Å². The van der Waals surface area contributed by atoms with E-state index in [0.717, 1.165) is 3.92 Å². The molecule has 0 rings (SSSR count). The van der Waals surface area contributed by atoms with Crippen LogP contribution in [0.1, 0.15) is 23.1 Å². The summed E-state index contributed by atoms with van der Waals surface area (Å²) in [5.74, 6) is 0. The van der Waals surface area contributed by atoms with Crippen LogP contribution in [0.5, 0.6) is 0 Å². The summed E-state index contributed by atoms with van der Waals surface area (Å²) < 4.78 is 0.854. The molecule has 0 spiro atoms. The van der Waals surface area contributed by atoms with Crippen molar-refractivity contribution in [2.24, 2.45) is 0 Å². The van der Waals surface area contributed by atoms with Gasteiger partial charge in [-0.05, 0) is 6.42 Å². The van der Waals surface area contributed by atoms with Crippen molar-refractivity contribution in [3.05, 3.63) is 0 Å². The van der Waals surface area contributed by atoms with E-state index in [-0.39, 0.29) is 25.9 Å². The van der Waals surface area contributed by atoms with Gasteiger partial charge in [-0.1, -0.05) is 36.4 Å². The first-order valence-corrected chi connectivity index (χ1v) is 3.16. The summed E-state index contributed by atoms with van der Waals surface area (Å²) in [7, 11) is 0. The van der Waals surface area contributed by atoms with Crippen molar-refractivity contribution in [3.63, 3.8) is 0 Å². The molecule has 36 valence electrons. The molecule has 0 aliphatic carbocycles. The maximum Gasteiger partial charge on any atom is 2.00 e. The molecule has 1 unspecified atom stereocenters. The van der Waals surface area contributed by atoms with E-state index in [1.807, 2.05) is 0 Å². The van der Waals surface area contributed by atoms with Crippen LogP contribution in [0.2, 0.25) is 0 Å². The molecule has 0 nitrogen and oxygen atoms in total. The topological polar surface area (TPSA) is 0 Å². The van der Waals surface area contributed by atoms with Crippen LogP contribution >= 0.6 is 22.6 Å². The van der Waals surface area contributed by atoms with Gasteiger partial charge in [0.25, 0.3) is 0 Å². The van der Waals surface area contributed by atoms with Crippen LogP contribution in [0.4, 0.5) is 0 Å². The minimum absolute atomic E-state index is 0. The van der Waals surface area contributed by atoms with Gasteiger partial charge in [0, 0.05) is 3.92 Å². The molecule has 0 aliphatic heterocycles. The Morgan fingerprint density at radius 2 is 2.00 bits per heavy atom. The van der Waals surface area contributed by atoms with Crippen LogP contribution in [0.25, 0.3) is 0 Å². The first kappa shape index (κ1) is 10.5.